The summed E-state index contributed by atoms with van der Waals surface area (Å²) in [5, 5.41) is 0. The van der Waals surface area contributed by atoms with Gasteiger partial charge in [-0.05, 0) is 18.6 Å². The lowest BCUT2D eigenvalue weighted by molar-refractivity contribution is -0.163. The molecule has 2 rings (SSSR count). The maximum absolute atomic E-state index is 12.7. The van der Waals surface area contributed by atoms with Crippen molar-refractivity contribution in [2.24, 2.45) is 5.92 Å². The average molecular weight is 358 g/mol. The number of benzene rings is 1. The summed E-state index contributed by atoms with van der Waals surface area (Å²) < 4.78 is 43.2. The molecule has 1 aromatic carbocycles. The van der Waals surface area contributed by atoms with E-state index in [1.54, 1.807) is 31.2 Å². The number of carbonyl (C=O) groups is 2. The van der Waals surface area contributed by atoms with E-state index in [2.05, 4.69) is 0 Å². The molecule has 0 saturated carbocycles. The van der Waals surface area contributed by atoms with Gasteiger partial charge in [0, 0.05) is 31.3 Å². The van der Waals surface area contributed by atoms with Crippen LogP contribution in [0.4, 0.5) is 18.9 Å². The van der Waals surface area contributed by atoms with Crippen LogP contribution in [0.3, 0.4) is 0 Å². The van der Waals surface area contributed by atoms with Crippen molar-refractivity contribution in [2.45, 2.75) is 25.9 Å². The van der Waals surface area contributed by atoms with Crippen molar-refractivity contribution in [3.63, 3.8) is 0 Å². The van der Waals surface area contributed by atoms with E-state index in [0.29, 0.717) is 17.9 Å². The lowest BCUT2D eigenvalue weighted by Crippen LogP contribution is -2.43. The van der Waals surface area contributed by atoms with Crippen LogP contribution < -0.4 is 9.64 Å². The van der Waals surface area contributed by atoms with E-state index in [4.69, 9.17) is 4.74 Å². The molecule has 1 fully saturated rings. The lowest BCUT2D eigenvalue weighted by Gasteiger charge is -2.26. The minimum absolute atomic E-state index is 0.0161. The first-order chi connectivity index (χ1) is 11.7. The molecule has 138 valence electrons. The fraction of sp³-hybridized carbons (Fsp3) is 0.529. The monoisotopic (exact) mass is 358 g/mol. The van der Waals surface area contributed by atoms with Gasteiger partial charge in [-0.25, -0.2) is 0 Å². The molecule has 0 spiro atoms. The molecule has 0 aliphatic carbocycles. The predicted molar refractivity (Wildman–Crippen MR) is 86.4 cm³/mol. The molecular formula is C17H21F3N2O3. The van der Waals surface area contributed by atoms with Gasteiger partial charge in [-0.15, -0.1) is 0 Å². The molecular weight excluding hydrogens is 337 g/mol. The molecule has 0 aromatic heterocycles. The van der Waals surface area contributed by atoms with E-state index < -0.39 is 24.5 Å². The normalized spacial score (nSPS) is 17.7. The zero-order chi connectivity index (χ0) is 18.6. The molecule has 1 atom stereocenters. The van der Waals surface area contributed by atoms with E-state index in [0.717, 1.165) is 4.90 Å². The third-order valence-electron chi connectivity index (χ3n) is 4.01. The fourth-order valence-corrected chi connectivity index (χ4v) is 2.91. The summed E-state index contributed by atoms with van der Waals surface area (Å²) in [6, 6.07) is 6.79. The number of rotatable bonds is 6. The number of nitrogens with zero attached hydrogens (tertiary/aromatic N) is 2. The Morgan fingerprint density at radius 3 is 2.72 bits per heavy atom. The first kappa shape index (κ1) is 19.1. The number of methoxy groups -OCH3 is 1. The molecule has 8 heteroatoms. The molecule has 1 saturated heterocycles. The summed E-state index contributed by atoms with van der Waals surface area (Å²) in [4.78, 5) is 26.9. The summed E-state index contributed by atoms with van der Waals surface area (Å²) in [5.74, 6) is -1.12. The van der Waals surface area contributed by atoms with Crippen LogP contribution in [-0.2, 0) is 9.59 Å². The average Bonchev–Trinajstić information content (AvgIpc) is 2.94. The number of alkyl halides is 3. The quantitative estimate of drug-likeness (QED) is 0.786. The Morgan fingerprint density at radius 2 is 2.12 bits per heavy atom. The van der Waals surface area contributed by atoms with Crippen molar-refractivity contribution in [1.29, 1.82) is 0 Å². The van der Waals surface area contributed by atoms with Gasteiger partial charge in [0.15, 0.2) is 0 Å². The van der Waals surface area contributed by atoms with Gasteiger partial charge in [0.2, 0.25) is 11.8 Å². The first-order valence-corrected chi connectivity index (χ1v) is 8.05. The zero-order valence-corrected chi connectivity index (χ0v) is 14.2. The number of amides is 2. The van der Waals surface area contributed by atoms with Crippen LogP contribution in [0.1, 0.15) is 19.8 Å². The maximum Gasteiger partial charge on any atom is 0.406 e. The minimum atomic E-state index is -4.46. The van der Waals surface area contributed by atoms with Crippen LogP contribution in [0.15, 0.2) is 24.3 Å². The molecule has 0 N–H and O–H groups in total. The molecule has 0 radical (unpaired) electrons. The third-order valence-corrected chi connectivity index (χ3v) is 4.01. The van der Waals surface area contributed by atoms with E-state index in [-0.39, 0.29) is 25.4 Å². The van der Waals surface area contributed by atoms with Crippen LogP contribution in [-0.4, -0.2) is 49.6 Å². The second-order valence-electron chi connectivity index (χ2n) is 5.98. The second kappa shape index (κ2) is 7.76. The number of ether oxygens (including phenoxy) is 1. The second-order valence-corrected chi connectivity index (χ2v) is 5.98. The van der Waals surface area contributed by atoms with Gasteiger partial charge in [0.1, 0.15) is 12.3 Å². The van der Waals surface area contributed by atoms with Crippen LogP contribution in [0.25, 0.3) is 0 Å². The Hall–Kier alpha value is -2.25. The Kier molecular flexibility index (Phi) is 5.92. The molecule has 0 bridgehead atoms. The number of hydrogen-bond donors (Lipinski definition) is 0. The highest BCUT2D eigenvalue weighted by Crippen LogP contribution is 2.29. The predicted octanol–water partition coefficient (Wildman–Crippen LogP) is 2.85. The summed E-state index contributed by atoms with van der Waals surface area (Å²) in [7, 11) is 1.50. The van der Waals surface area contributed by atoms with Gasteiger partial charge in [-0.2, -0.15) is 13.2 Å². The highest BCUT2D eigenvalue weighted by atomic mass is 19.4. The van der Waals surface area contributed by atoms with Crippen molar-refractivity contribution in [3.05, 3.63) is 24.3 Å². The highest BCUT2D eigenvalue weighted by molar-refractivity contribution is 6.00. The van der Waals surface area contributed by atoms with Crippen LogP contribution in [0, 0.1) is 5.92 Å². The van der Waals surface area contributed by atoms with Crippen LogP contribution in [0.2, 0.25) is 0 Å². The number of carbonyl (C=O) groups excluding carboxylic acids is 2. The number of hydrogen-bond acceptors (Lipinski definition) is 3. The smallest absolute Gasteiger partial charge is 0.406 e. The van der Waals surface area contributed by atoms with Crippen LogP contribution >= 0.6 is 0 Å². The van der Waals surface area contributed by atoms with Crippen molar-refractivity contribution in [2.75, 3.05) is 31.6 Å². The van der Waals surface area contributed by atoms with Crippen molar-refractivity contribution < 1.29 is 27.5 Å². The maximum atomic E-state index is 12.7. The van der Waals surface area contributed by atoms with Gasteiger partial charge in [-0.3, -0.25) is 9.59 Å². The van der Waals surface area contributed by atoms with Gasteiger partial charge in [0.05, 0.1) is 13.0 Å². The molecule has 1 unspecified atom stereocenters. The summed E-state index contributed by atoms with van der Waals surface area (Å²) >= 11 is 0. The molecule has 1 aromatic rings. The Labute approximate surface area is 144 Å². The van der Waals surface area contributed by atoms with E-state index in [9.17, 15) is 22.8 Å². The van der Waals surface area contributed by atoms with Crippen LogP contribution in [0.5, 0.6) is 5.75 Å². The molecule has 1 aliphatic rings. The number of anilines is 1. The van der Waals surface area contributed by atoms with Gasteiger partial charge in [0.25, 0.3) is 0 Å². The first-order valence-electron chi connectivity index (χ1n) is 8.05. The molecule has 2 amide bonds. The summed E-state index contributed by atoms with van der Waals surface area (Å²) in [6.07, 6.45) is -4.13. The zero-order valence-electron chi connectivity index (χ0n) is 14.2. The fourth-order valence-electron chi connectivity index (χ4n) is 2.91. The SMILES string of the molecule is CCCN(CC(F)(F)F)C(=O)C1CC(=O)N(c2cccc(OC)c2)C1. The van der Waals surface area contributed by atoms with E-state index in [1.807, 2.05) is 0 Å². The van der Waals surface area contributed by atoms with Crippen molar-refractivity contribution in [3.8, 4) is 5.75 Å². The highest BCUT2D eigenvalue weighted by Gasteiger charge is 2.40. The molecule has 5 nitrogen and oxygen atoms in total. The number of halogens is 3. The molecule has 25 heavy (non-hydrogen) atoms. The standard InChI is InChI=1S/C17H21F3N2O3/c1-3-7-21(11-17(18,19)20)16(24)12-8-15(23)22(10-12)13-5-4-6-14(9-13)25-2/h4-6,9,12H,3,7-8,10-11H2,1-2H3. The third kappa shape index (κ3) is 4.87. The molecule has 1 heterocycles. The lowest BCUT2D eigenvalue weighted by atomic mass is 10.1. The van der Waals surface area contributed by atoms with Gasteiger partial charge >= 0.3 is 6.18 Å². The molecule has 1 aliphatic heterocycles. The largest absolute Gasteiger partial charge is 0.497 e. The van der Waals surface area contributed by atoms with Crippen molar-refractivity contribution in [1.82, 2.24) is 4.90 Å². The van der Waals surface area contributed by atoms with Crippen molar-refractivity contribution >= 4 is 17.5 Å². The van der Waals surface area contributed by atoms with E-state index >= 15 is 0 Å². The topological polar surface area (TPSA) is 49.9 Å². The van der Waals surface area contributed by atoms with Gasteiger partial charge < -0.3 is 14.5 Å². The Balaban J connectivity index is 2.13. The summed E-state index contributed by atoms with van der Waals surface area (Å²) in [6.45, 7) is 0.508. The Morgan fingerprint density at radius 1 is 1.40 bits per heavy atom. The van der Waals surface area contributed by atoms with Gasteiger partial charge in [-0.1, -0.05) is 13.0 Å². The Bertz CT molecular complexity index is 634. The summed E-state index contributed by atoms with van der Waals surface area (Å²) in [5.41, 5.74) is 0.567. The minimum Gasteiger partial charge on any atom is -0.497 e. The van der Waals surface area contributed by atoms with E-state index in [1.165, 1.54) is 12.0 Å².